The van der Waals surface area contributed by atoms with E-state index in [-0.39, 0.29) is 24.1 Å². The number of benzene rings is 2. The second kappa shape index (κ2) is 7.98. The van der Waals surface area contributed by atoms with Gasteiger partial charge in [0.1, 0.15) is 5.01 Å². The minimum atomic E-state index is -0.570. The first-order chi connectivity index (χ1) is 14.1. The number of nitrogens with zero attached hydrogens (tertiary/aromatic N) is 4. The second-order valence-electron chi connectivity index (χ2n) is 5.77. The number of rotatable bonds is 6. The summed E-state index contributed by atoms with van der Waals surface area (Å²) in [7, 11) is 0. The highest BCUT2D eigenvalue weighted by Gasteiger charge is 2.12. The minimum Gasteiger partial charge on any atom is -0.452 e. The maximum atomic E-state index is 11.9. The highest BCUT2D eigenvalue weighted by molar-refractivity contribution is 7.19. The smallest absolute Gasteiger partial charge is 0.331 e. The van der Waals surface area contributed by atoms with Gasteiger partial charge in [-0.25, -0.2) is 9.78 Å². The van der Waals surface area contributed by atoms with E-state index in [0.717, 1.165) is 10.2 Å². The predicted molar refractivity (Wildman–Crippen MR) is 105 cm³/mol. The van der Waals surface area contributed by atoms with Crippen molar-refractivity contribution in [1.29, 1.82) is 0 Å². The predicted octanol–water partition coefficient (Wildman–Crippen LogP) is 4.01. The molecule has 0 N–H and O–H groups in total. The van der Waals surface area contributed by atoms with Crippen molar-refractivity contribution in [3.05, 3.63) is 75.6 Å². The Morgan fingerprint density at radius 2 is 1.97 bits per heavy atom. The van der Waals surface area contributed by atoms with Crippen molar-refractivity contribution >= 4 is 39.3 Å². The molecular formula is C19H12N4O5S. The van der Waals surface area contributed by atoms with Gasteiger partial charge in [-0.05, 0) is 30.3 Å². The maximum Gasteiger partial charge on any atom is 0.331 e. The first-order valence-electron chi connectivity index (χ1n) is 8.36. The SMILES string of the molecule is O=C(/C=C/c1nc2ccccc2s1)OCc1nnc(-c2ccc([N+](=O)[O-])cc2)o1. The van der Waals surface area contributed by atoms with Crippen molar-refractivity contribution in [2.24, 2.45) is 0 Å². The van der Waals surface area contributed by atoms with Crippen molar-refractivity contribution in [3.8, 4) is 11.5 Å². The summed E-state index contributed by atoms with van der Waals surface area (Å²) >= 11 is 1.47. The van der Waals surface area contributed by atoms with Gasteiger partial charge in [-0.1, -0.05) is 12.1 Å². The molecule has 144 valence electrons. The van der Waals surface area contributed by atoms with Crippen LogP contribution >= 0.6 is 11.3 Å². The normalized spacial score (nSPS) is 11.2. The Balaban J connectivity index is 1.35. The van der Waals surface area contributed by atoms with Gasteiger partial charge in [0.05, 0.1) is 15.1 Å². The highest BCUT2D eigenvalue weighted by atomic mass is 32.1. The summed E-state index contributed by atoms with van der Waals surface area (Å²) in [5, 5.41) is 19.0. The van der Waals surface area contributed by atoms with Gasteiger partial charge in [-0.3, -0.25) is 10.1 Å². The van der Waals surface area contributed by atoms with Gasteiger partial charge < -0.3 is 9.15 Å². The number of thiazole rings is 1. The summed E-state index contributed by atoms with van der Waals surface area (Å²) in [6, 6.07) is 13.4. The number of nitro benzene ring substituents is 1. The molecule has 0 bridgehead atoms. The first kappa shape index (κ1) is 18.4. The van der Waals surface area contributed by atoms with E-state index in [1.807, 2.05) is 24.3 Å². The third-order valence-corrected chi connectivity index (χ3v) is 4.80. The molecular weight excluding hydrogens is 396 g/mol. The molecule has 2 aromatic heterocycles. The number of ether oxygens (including phenoxy) is 1. The third-order valence-electron chi connectivity index (χ3n) is 3.80. The summed E-state index contributed by atoms with van der Waals surface area (Å²) in [4.78, 5) is 26.5. The Hall–Kier alpha value is -3.92. The van der Waals surface area contributed by atoms with Gasteiger partial charge in [0.15, 0.2) is 6.61 Å². The Bertz CT molecular complexity index is 1180. The van der Waals surface area contributed by atoms with Gasteiger partial charge in [0, 0.05) is 23.8 Å². The van der Waals surface area contributed by atoms with Crippen LogP contribution in [0, 0.1) is 10.1 Å². The molecule has 0 atom stereocenters. The lowest BCUT2D eigenvalue weighted by molar-refractivity contribution is -0.384. The fourth-order valence-corrected chi connectivity index (χ4v) is 3.31. The number of hydrogen-bond donors (Lipinski definition) is 0. The molecule has 4 aromatic rings. The van der Waals surface area contributed by atoms with E-state index in [9.17, 15) is 14.9 Å². The van der Waals surface area contributed by atoms with Crippen molar-refractivity contribution < 1.29 is 18.9 Å². The van der Waals surface area contributed by atoms with Gasteiger partial charge in [-0.15, -0.1) is 21.5 Å². The van der Waals surface area contributed by atoms with Crippen LogP contribution in [0.5, 0.6) is 0 Å². The summed E-state index contributed by atoms with van der Waals surface area (Å²) in [6.45, 7) is -0.191. The zero-order valence-corrected chi connectivity index (χ0v) is 15.5. The van der Waals surface area contributed by atoms with E-state index in [1.165, 1.54) is 41.7 Å². The van der Waals surface area contributed by atoms with E-state index in [1.54, 1.807) is 6.08 Å². The minimum absolute atomic E-state index is 0.0395. The van der Waals surface area contributed by atoms with Crippen LogP contribution in [0.15, 0.2) is 59.0 Å². The number of aromatic nitrogens is 3. The number of fused-ring (bicyclic) bond motifs is 1. The molecule has 9 nitrogen and oxygen atoms in total. The lowest BCUT2D eigenvalue weighted by Crippen LogP contribution is -2.00. The molecule has 0 aliphatic rings. The Kier molecular flexibility index (Phi) is 5.08. The Morgan fingerprint density at radius 1 is 1.17 bits per heavy atom. The highest BCUT2D eigenvalue weighted by Crippen LogP contribution is 2.23. The van der Waals surface area contributed by atoms with Crippen LogP contribution in [0.25, 0.3) is 27.7 Å². The second-order valence-corrected chi connectivity index (χ2v) is 6.83. The van der Waals surface area contributed by atoms with Crippen molar-refractivity contribution in [1.82, 2.24) is 15.2 Å². The zero-order valence-electron chi connectivity index (χ0n) is 14.7. The monoisotopic (exact) mass is 408 g/mol. The van der Waals surface area contributed by atoms with E-state index >= 15 is 0 Å². The molecule has 0 aliphatic carbocycles. The van der Waals surface area contributed by atoms with Crippen LogP contribution in [-0.2, 0) is 16.1 Å². The largest absolute Gasteiger partial charge is 0.452 e. The summed E-state index contributed by atoms with van der Waals surface area (Å²) in [6.07, 6.45) is 2.87. The molecule has 0 saturated heterocycles. The summed E-state index contributed by atoms with van der Waals surface area (Å²) in [5.41, 5.74) is 1.36. The van der Waals surface area contributed by atoms with Crippen LogP contribution in [-0.4, -0.2) is 26.1 Å². The summed E-state index contributed by atoms with van der Waals surface area (Å²) in [5.74, 6) is -0.282. The topological polar surface area (TPSA) is 121 Å². The maximum absolute atomic E-state index is 11.9. The van der Waals surface area contributed by atoms with Crippen LogP contribution in [0.3, 0.4) is 0 Å². The van der Waals surface area contributed by atoms with Crippen LogP contribution in [0.1, 0.15) is 10.9 Å². The van der Waals surface area contributed by atoms with Crippen LogP contribution < -0.4 is 0 Å². The average Bonchev–Trinajstić information content (AvgIpc) is 3.37. The standard InChI is InChI=1S/C19H12N4O5S/c24-18(10-9-17-20-14-3-1-2-4-15(14)29-17)27-11-16-21-22-19(28-16)12-5-7-13(8-6-12)23(25)26/h1-10H,11H2/b10-9+. The van der Waals surface area contributed by atoms with Crippen LogP contribution in [0.4, 0.5) is 5.69 Å². The molecule has 0 saturated carbocycles. The fourth-order valence-electron chi connectivity index (χ4n) is 2.44. The lowest BCUT2D eigenvalue weighted by atomic mass is 10.2. The van der Waals surface area contributed by atoms with Crippen molar-refractivity contribution in [2.75, 3.05) is 0 Å². The number of carbonyl (C=O) groups excluding carboxylic acids is 1. The zero-order chi connectivity index (χ0) is 20.2. The van der Waals surface area contributed by atoms with Crippen LogP contribution in [0.2, 0.25) is 0 Å². The van der Waals surface area contributed by atoms with Crippen molar-refractivity contribution in [2.45, 2.75) is 6.61 Å². The van der Waals surface area contributed by atoms with Gasteiger partial charge in [0.2, 0.25) is 5.89 Å². The molecule has 4 rings (SSSR count). The Labute approximate surface area is 167 Å². The van der Waals surface area contributed by atoms with E-state index in [4.69, 9.17) is 9.15 Å². The number of carbonyl (C=O) groups is 1. The molecule has 2 aromatic carbocycles. The fraction of sp³-hybridized carbons (Fsp3) is 0.0526. The molecule has 2 heterocycles. The van der Waals surface area contributed by atoms with E-state index < -0.39 is 10.9 Å². The van der Waals surface area contributed by atoms with Gasteiger partial charge in [-0.2, -0.15) is 0 Å². The molecule has 29 heavy (non-hydrogen) atoms. The molecule has 0 fully saturated rings. The van der Waals surface area contributed by atoms with Crippen molar-refractivity contribution in [3.63, 3.8) is 0 Å². The average molecular weight is 408 g/mol. The molecule has 0 unspecified atom stereocenters. The molecule has 0 spiro atoms. The lowest BCUT2D eigenvalue weighted by Gasteiger charge is -1.97. The van der Waals surface area contributed by atoms with Gasteiger partial charge in [0.25, 0.3) is 11.6 Å². The first-order valence-corrected chi connectivity index (χ1v) is 9.18. The third kappa shape index (κ3) is 4.33. The van der Waals surface area contributed by atoms with Gasteiger partial charge >= 0.3 is 5.97 Å². The number of non-ortho nitro benzene ring substituents is 1. The Morgan fingerprint density at radius 3 is 2.72 bits per heavy atom. The number of para-hydroxylation sites is 1. The number of esters is 1. The number of nitro groups is 1. The molecule has 0 radical (unpaired) electrons. The summed E-state index contributed by atoms with van der Waals surface area (Å²) < 4.78 is 11.5. The molecule has 0 amide bonds. The molecule has 0 aliphatic heterocycles. The number of hydrogen-bond acceptors (Lipinski definition) is 9. The molecule has 10 heteroatoms. The van der Waals surface area contributed by atoms with E-state index in [2.05, 4.69) is 15.2 Å². The quantitative estimate of drug-likeness (QED) is 0.203. The van der Waals surface area contributed by atoms with E-state index in [0.29, 0.717) is 10.6 Å².